The van der Waals surface area contributed by atoms with Crippen LogP contribution in [0.15, 0.2) is 12.2 Å². The Labute approximate surface area is 90.0 Å². The van der Waals surface area contributed by atoms with Crippen molar-refractivity contribution in [2.24, 2.45) is 10.8 Å². The highest BCUT2D eigenvalue weighted by atomic mass is 32.2. The van der Waals surface area contributed by atoms with Crippen LogP contribution in [-0.2, 0) is 19.1 Å². The third-order valence-electron chi connectivity index (χ3n) is 4.09. The third kappa shape index (κ3) is 0.584. The second kappa shape index (κ2) is 2.15. The highest BCUT2D eigenvalue weighted by molar-refractivity contribution is 7.99. The molecular formula is C10H8O4S. The molecule has 5 heteroatoms. The van der Waals surface area contributed by atoms with Crippen LogP contribution in [0.1, 0.15) is 0 Å². The Balaban J connectivity index is 2.05. The fraction of sp³-hybridized carbons (Fsp3) is 0.600. The summed E-state index contributed by atoms with van der Waals surface area (Å²) in [6.45, 7) is 0. The Morgan fingerprint density at radius 2 is 1.67 bits per heavy atom. The zero-order chi connectivity index (χ0) is 10.3. The fourth-order valence-electron chi connectivity index (χ4n) is 3.29. The minimum Gasteiger partial charge on any atom is -0.392 e. The molecule has 4 aliphatic heterocycles. The SMILES string of the molecule is O=C1OC(=O)C23CSCC12C1C=C[C@H]3O1. The van der Waals surface area contributed by atoms with E-state index >= 15 is 0 Å². The highest BCUT2D eigenvalue weighted by Gasteiger charge is 2.82. The van der Waals surface area contributed by atoms with Crippen LogP contribution in [-0.4, -0.2) is 35.7 Å². The van der Waals surface area contributed by atoms with Crippen molar-refractivity contribution in [1.29, 1.82) is 0 Å². The molecule has 0 N–H and O–H groups in total. The first kappa shape index (κ1) is 8.35. The lowest BCUT2D eigenvalue weighted by Crippen LogP contribution is -2.50. The molecule has 0 radical (unpaired) electrons. The number of esters is 2. The molecule has 0 amide bonds. The summed E-state index contributed by atoms with van der Waals surface area (Å²) in [7, 11) is 0. The summed E-state index contributed by atoms with van der Waals surface area (Å²) in [5, 5.41) is 0. The Morgan fingerprint density at radius 3 is 2.20 bits per heavy atom. The molecule has 0 spiro atoms. The van der Waals surface area contributed by atoms with Crippen molar-refractivity contribution in [2.75, 3.05) is 11.5 Å². The van der Waals surface area contributed by atoms with Crippen molar-refractivity contribution in [3.63, 3.8) is 0 Å². The summed E-state index contributed by atoms with van der Waals surface area (Å²) in [4.78, 5) is 23.8. The summed E-state index contributed by atoms with van der Waals surface area (Å²) in [5.41, 5.74) is -1.43. The van der Waals surface area contributed by atoms with Gasteiger partial charge >= 0.3 is 11.9 Å². The van der Waals surface area contributed by atoms with Gasteiger partial charge in [0.1, 0.15) is 10.8 Å². The Morgan fingerprint density at radius 1 is 1.13 bits per heavy atom. The number of fused-ring (bicyclic) bond motifs is 2. The number of rotatable bonds is 0. The van der Waals surface area contributed by atoms with Gasteiger partial charge in [-0.25, -0.2) is 0 Å². The Bertz CT molecular complexity index is 395. The van der Waals surface area contributed by atoms with Crippen molar-refractivity contribution < 1.29 is 19.1 Å². The van der Waals surface area contributed by atoms with E-state index in [1.165, 1.54) is 0 Å². The predicted octanol–water partition coefficient (Wildman–Crippen LogP) is 0.127. The predicted molar refractivity (Wildman–Crippen MR) is 51.1 cm³/mol. The summed E-state index contributed by atoms with van der Waals surface area (Å²) >= 11 is 1.65. The van der Waals surface area contributed by atoms with Crippen molar-refractivity contribution in [2.45, 2.75) is 12.2 Å². The first-order chi connectivity index (χ1) is 7.22. The molecule has 0 saturated carbocycles. The van der Waals surface area contributed by atoms with Gasteiger partial charge in [-0.15, -0.1) is 0 Å². The number of ether oxygens (including phenoxy) is 2. The lowest BCUT2D eigenvalue weighted by atomic mass is 9.61. The van der Waals surface area contributed by atoms with E-state index in [0.717, 1.165) is 0 Å². The van der Waals surface area contributed by atoms with E-state index in [4.69, 9.17) is 9.47 Å². The van der Waals surface area contributed by atoms with Crippen LogP contribution in [0.5, 0.6) is 0 Å². The average molecular weight is 224 g/mol. The van der Waals surface area contributed by atoms with Crippen LogP contribution in [0.2, 0.25) is 0 Å². The van der Waals surface area contributed by atoms with Gasteiger partial charge in [-0.3, -0.25) is 9.59 Å². The molecule has 3 unspecified atom stereocenters. The van der Waals surface area contributed by atoms with E-state index < -0.39 is 10.8 Å². The van der Waals surface area contributed by atoms with Gasteiger partial charge in [-0.05, 0) is 0 Å². The second-order valence-electron chi connectivity index (χ2n) is 4.47. The fourth-order valence-corrected chi connectivity index (χ4v) is 5.12. The lowest BCUT2D eigenvalue weighted by molar-refractivity contribution is -0.159. The number of carbonyl (C=O) groups excluding carboxylic acids is 2. The van der Waals surface area contributed by atoms with E-state index in [-0.39, 0.29) is 24.1 Å². The van der Waals surface area contributed by atoms with Crippen LogP contribution in [0.25, 0.3) is 0 Å². The average Bonchev–Trinajstić information content (AvgIpc) is 2.89. The second-order valence-corrected chi connectivity index (χ2v) is 5.46. The van der Waals surface area contributed by atoms with Crippen LogP contribution in [0, 0.1) is 10.8 Å². The van der Waals surface area contributed by atoms with Gasteiger partial charge in [0.25, 0.3) is 0 Å². The van der Waals surface area contributed by atoms with E-state index in [0.29, 0.717) is 11.5 Å². The van der Waals surface area contributed by atoms with Crippen LogP contribution < -0.4 is 0 Å². The molecule has 4 rings (SSSR count). The molecule has 0 aromatic rings. The highest BCUT2D eigenvalue weighted by Crippen LogP contribution is 2.67. The van der Waals surface area contributed by atoms with Gasteiger partial charge < -0.3 is 9.47 Å². The van der Waals surface area contributed by atoms with Crippen molar-refractivity contribution >= 4 is 23.7 Å². The molecular weight excluding hydrogens is 216 g/mol. The van der Waals surface area contributed by atoms with E-state index in [9.17, 15) is 9.59 Å². The Hall–Kier alpha value is -0.810. The third-order valence-corrected chi connectivity index (χ3v) is 5.41. The Kier molecular flexibility index (Phi) is 1.20. The van der Waals surface area contributed by atoms with E-state index in [2.05, 4.69) is 0 Å². The molecule has 4 nitrogen and oxygen atoms in total. The van der Waals surface area contributed by atoms with Gasteiger partial charge in [0.05, 0.1) is 12.2 Å². The minimum absolute atomic E-state index is 0.253. The van der Waals surface area contributed by atoms with Crippen LogP contribution >= 0.6 is 11.8 Å². The number of cyclic esters (lactones) is 2. The smallest absolute Gasteiger partial charge is 0.324 e. The zero-order valence-electron chi connectivity index (χ0n) is 7.76. The summed E-state index contributed by atoms with van der Waals surface area (Å²) in [6, 6.07) is 0. The molecule has 4 atom stereocenters. The van der Waals surface area contributed by atoms with Crippen molar-refractivity contribution in [3.8, 4) is 0 Å². The standard InChI is InChI=1S/C10H8O4S/c11-7-9-3-15-4-10(9,8(12)14-7)6-2-1-5(9)13-6/h1-2,5-6H,3-4H2/t5-,6?,9?,10?/m1/s1. The maximum atomic E-state index is 11.9. The number of thioether (sulfide) groups is 1. The van der Waals surface area contributed by atoms with E-state index in [1.807, 2.05) is 12.2 Å². The summed E-state index contributed by atoms with van der Waals surface area (Å²) in [5.74, 6) is 0.523. The maximum Gasteiger partial charge on any atom is 0.324 e. The molecule has 4 heterocycles. The van der Waals surface area contributed by atoms with Gasteiger partial charge in [0.2, 0.25) is 0 Å². The van der Waals surface area contributed by atoms with Gasteiger partial charge in [-0.2, -0.15) is 11.8 Å². The topological polar surface area (TPSA) is 52.6 Å². The molecule has 4 aliphatic rings. The van der Waals surface area contributed by atoms with Crippen LogP contribution in [0.3, 0.4) is 0 Å². The summed E-state index contributed by atoms with van der Waals surface area (Å²) in [6.07, 6.45) is 3.29. The monoisotopic (exact) mass is 224 g/mol. The van der Waals surface area contributed by atoms with Crippen LogP contribution in [0.4, 0.5) is 0 Å². The largest absolute Gasteiger partial charge is 0.392 e. The van der Waals surface area contributed by atoms with Gasteiger partial charge in [-0.1, -0.05) is 12.2 Å². The number of hydrogen-bond acceptors (Lipinski definition) is 5. The molecule has 0 aliphatic carbocycles. The van der Waals surface area contributed by atoms with Crippen molar-refractivity contribution in [3.05, 3.63) is 12.2 Å². The minimum atomic E-state index is -0.714. The van der Waals surface area contributed by atoms with Gasteiger partial charge in [0, 0.05) is 11.5 Å². The molecule has 3 saturated heterocycles. The zero-order valence-corrected chi connectivity index (χ0v) is 8.58. The first-order valence-corrected chi connectivity index (χ1v) is 6.05. The number of carbonyl (C=O) groups is 2. The quantitative estimate of drug-likeness (QED) is 0.332. The maximum absolute atomic E-state index is 11.9. The molecule has 78 valence electrons. The van der Waals surface area contributed by atoms with E-state index in [1.54, 1.807) is 11.8 Å². The number of hydrogen-bond donors (Lipinski definition) is 0. The van der Waals surface area contributed by atoms with Crippen molar-refractivity contribution in [1.82, 2.24) is 0 Å². The molecule has 3 fully saturated rings. The molecule has 2 bridgehead atoms. The first-order valence-electron chi connectivity index (χ1n) is 4.90. The molecule has 0 aromatic heterocycles. The summed E-state index contributed by atoms with van der Waals surface area (Å²) < 4.78 is 10.5. The molecule has 0 aromatic carbocycles. The van der Waals surface area contributed by atoms with Gasteiger partial charge in [0.15, 0.2) is 0 Å². The lowest BCUT2D eigenvalue weighted by Gasteiger charge is -2.30. The molecule has 15 heavy (non-hydrogen) atoms. The normalized spacial score (nSPS) is 54.7.